The van der Waals surface area contributed by atoms with E-state index in [4.69, 9.17) is 4.74 Å². The van der Waals surface area contributed by atoms with Crippen molar-refractivity contribution in [3.05, 3.63) is 70.5 Å². The Labute approximate surface area is 209 Å². The highest BCUT2D eigenvalue weighted by Crippen LogP contribution is 2.49. The molecule has 1 aliphatic heterocycles. The van der Waals surface area contributed by atoms with Crippen molar-refractivity contribution in [2.45, 2.75) is 25.8 Å². The number of aromatic nitrogens is 3. The fraction of sp³-hybridized carbons (Fsp3) is 0.407. The van der Waals surface area contributed by atoms with Gasteiger partial charge >= 0.3 is 0 Å². The van der Waals surface area contributed by atoms with Gasteiger partial charge in [-0.3, -0.25) is 19.1 Å². The van der Waals surface area contributed by atoms with E-state index in [1.807, 2.05) is 41.1 Å². The summed E-state index contributed by atoms with van der Waals surface area (Å²) < 4.78 is 21.4. The molecule has 188 valence electrons. The highest BCUT2D eigenvalue weighted by atomic mass is 19.1. The molecule has 9 heteroatoms. The maximum Gasteiger partial charge on any atom is 0.255 e. The number of fused-ring (bicyclic) bond motifs is 1. The predicted molar refractivity (Wildman–Crippen MR) is 135 cm³/mol. The standard InChI is InChI=1S/C27H30FN5O3/c1-4-5-12-36-18-8-6-17(7-9-18)26(35)33-15-20-21(16-33)25(20)32(3)27-30-23(13-24(34)31(27)2)19-10-11-29-14-22(19)28/h6-11,13-14,20-21,25H,4-5,12,15-16H2,1-3H3/t20-,21+,25?. The number of piperidine rings is 1. The first-order valence-corrected chi connectivity index (χ1v) is 12.3. The molecule has 0 bridgehead atoms. The number of pyridine rings is 1. The lowest BCUT2D eigenvalue weighted by atomic mass is 10.2. The number of hydrogen-bond donors (Lipinski definition) is 0. The van der Waals surface area contributed by atoms with Crippen LogP contribution in [0, 0.1) is 17.7 Å². The van der Waals surface area contributed by atoms with Gasteiger partial charge in [0.1, 0.15) is 5.75 Å². The summed E-state index contributed by atoms with van der Waals surface area (Å²) >= 11 is 0. The highest BCUT2D eigenvalue weighted by molar-refractivity contribution is 5.94. The molecule has 5 rings (SSSR count). The molecule has 0 spiro atoms. The molecule has 3 aromatic rings. The number of nitrogens with zero attached hydrogens (tertiary/aromatic N) is 5. The Balaban J connectivity index is 1.25. The summed E-state index contributed by atoms with van der Waals surface area (Å²) in [6, 6.07) is 10.4. The molecule has 8 nitrogen and oxygen atoms in total. The maximum atomic E-state index is 14.3. The topological polar surface area (TPSA) is 80.6 Å². The van der Waals surface area contributed by atoms with Gasteiger partial charge in [0.15, 0.2) is 5.82 Å². The van der Waals surface area contributed by atoms with Crippen LogP contribution in [-0.4, -0.2) is 58.1 Å². The zero-order valence-corrected chi connectivity index (χ0v) is 20.7. The number of hydrogen-bond acceptors (Lipinski definition) is 6. The molecule has 3 heterocycles. The number of ether oxygens (including phenoxy) is 1. The normalized spacial score (nSPS) is 20.2. The van der Waals surface area contributed by atoms with Crippen LogP contribution in [0.15, 0.2) is 53.6 Å². The molecule has 1 saturated heterocycles. The number of carbonyl (C=O) groups excluding carboxylic acids is 1. The lowest BCUT2D eigenvalue weighted by molar-refractivity contribution is 0.0772. The van der Waals surface area contributed by atoms with E-state index >= 15 is 0 Å². The Morgan fingerprint density at radius 1 is 1.19 bits per heavy atom. The first-order chi connectivity index (χ1) is 17.4. The summed E-state index contributed by atoms with van der Waals surface area (Å²) in [5.41, 5.74) is 0.916. The van der Waals surface area contributed by atoms with Gasteiger partial charge < -0.3 is 14.5 Å². The minimum Gasteiger partial charge on any atom is -0.494 e. The van der Waals surface area contributed by atoms with E-state index in [2.05, 4.69) is 16.9 Å². The molecule has 1 aromatic carbocycles. The summed E-state index contributed by atoms with van der Waals surface area (Å²) in [6.07, 6.45) is 4.67. The first kappa shape index (κ1) is 24.0. The fourth-order valence-corrected chi connectivity index (χ4v) is 5.14. The molecule has 3 atom stereocenters. The Hall–Kier alpha value is -3.75. The van der Waals surface area contributed by atoms with Crippen LogP contribution >= 0.6 is 0 Å². The number of amides is 1. The van der Waals surface area contributed by atoms with Crippen molar-refractivity contribution in [1.29, 1.82) is 0 Å². The minimum absolute atomic E-state index is 0.0180. The number of benzene rings is 1. The van der Waals surface area contributed by atoms with E-state index < -0.39 is 5.82 Å². The van der Waals surface area contributed by atoms with Crippen LogP contribution in [0.4, 0.5) is 10.3 Å². The number of rotatable bonds is 8. The van der Waals surface area contributed by atoms with E-state index in [0.717, 1.165) is 24.8 Å². The van der Waals surface area contributed by atoms with E-state index in [1.165, 1.54) is 22.9 Å². The number of carbonyl (C=O) groups is 1. The molecular weight excluding hydrogens is 461 g/mol. The van der Waals surface area contributed by atoms with Crippen LogP contribution in [0.5, 0.6) is 5.75 Å². The zero-order valence-electron chi connectivity index (χ0n) is 20.7. The van der Waals surface area contributed by atoms with Crippen molar-refractivity contribution in [1.82, 2.24) is 19.4 Å². The average molecular weight is 492 g/mol. The van der Waals surface area contributed by atoms with Crippen molar-refractivity contribution >= 4 is 11.9 Å². The van der Waals surface area contributed by atoms with Crippen molar-refractivity contribution in [2.24, 2.45) is 18.9 Å². The molecule has 1 unspecified atom stereocenters. The van der Waals surface area contributed by atoms with Gasteiger partial charge in [-0.15, -0.1) is 0 Å². The third kappa shape index (κ3) is 4.45. The summed E-state index contributed by atoms with van der Waals surface area (Å²) in [7, 11) is 3.57. The summed E-state index contributed by atoms with van der Waals surface area (Å²) in [5.74, 6) is 1.35. The molecular formula is C27H30FN5O3. The molecule has 0 radical (unpaired) electrons. The number of halogens is 1. The lowest BCUT2D eigenvalue weighted by Crippen LogP contribution is -2.38. The Kier molecular flexibility index (Phi) is 6.47. The van der Waals surface area contributed by atoms with E-state index in [1.54, 1.807) is 7.05 Å². The monoisotopic (exact) mass is 491 g/mol. The molecule has 2 aromatic heterocycles. The SMILES string of the molecule is CCCCOc1ccc(C(=O)N2C[C@@H]3C(N(C)c4nc(-c5ccncc5F)cc(=O)n4C)[C@@H]3C2)cc1. The van der Waals surface area contributed by atoms with Crippen LogP contribution in [0.2, 0.25) is 0 Å². The Bertz CT molecular complexity index is 1310. The van der Waals surface area contributed by atoms with Crippen molar-refractivity contribution in [3.63, 3.8) is 0 Å². The van der Waals surface area contributed by atoms with Gasteiger partial charge in [-0.1, -0.05) is 13.3 Å². The first-order valence-electron chi connectivity index (χ1n) is 12.3. The fourth-order valence-electron chi connectivity index (χ4n) is 5.14. The second kappa shape index (κ2) is 9.72. The van der Waals surface area contributed by atoms with Crippen molar-refractivity contribution < 1.29 is 13.9 Å². The average Bonchev–Trinajstić information content (AvgIpc) is 3.38. The largest absolute Gasteiger partial charge is 0.494 e. The van der Waals surface area contributed by atoms with Crippen LogP contribution in [0.1, 0.15) is 30.1 Å². The molecule has 2 aliphatic rings. The second-order valence-corrected chi connectivity index (χ2v) is 9.56. The molecule has 1 saturated carbocycles. The Morgan fingerprint density at radius 3 is 2.58 bits per heavy atom. The van der Waals surface area contributed by atoms with Gasteiger partial charge in [0.2, 0.25) is 5.95 Å². The van der Waals surface area contributed by atoms with Gasteiger partial charge in [-0.25, -0.2) is 9.37 Å². The van der Waals surface area contributed by atoms with E-state index in [9.17, 15) is 14.0 Å². The quantitative estimate of drug-likeness (QED) is 0.450. The van der Waals surface area contributed by atoms with Crippen LogP contribution in [0.3, 0.4) is 0 Å². The number of anilines is 1. The highest BCUT2D eigenvalue weighted by Gasteiger charge is 2.59. The molecule has 1 aliphatic carbocycles. The van der Waals surface area contributed by atoms with Gasteiger partial charge in [-0.05, 0) is 36.8 Å². The summed E-state index contributed by atoms with van der Waals surface area (Å²) in [6.45, 7) is 4.10. The van der Waals surface area contributed by atoms with E-state index in [-0.39, 0.29) is 28.8 Å². The maximum absolute atomic E-state index is 14.3. The Morgan fingerprint density at radius 2 is 1.92 bits per heavy atom. The van der Waals surface area contributed by atoms with Crippen molar-refractivity contribution in [3.8, 4) is 17.0 Å². The molecule has 36 heavy (non-hydrogen) atoms. The van der Waals surface area contributed by atoms with Crippen molar-refractivity contribution in [2.75, 3.05) is 31.6 Å². The molecule has 2 fully saturated rings. The number of likely N-dealkylation sites (tertiary alicyclic amines) is 1. The molecule has 1 amide bonds. The van der Waals surface area contributed by atoms with Gasteiger partial charge in [0.05, 0.1) is 18.5 Å². The summed E-state index contributed by atoms with van der Waals surface area (Å²) in [5, 5.41) is 0. The summed E-state index contributed by atoms with van der Waals surface area (Å²) in [4.78, 5) is 37.9. The van der Waals surface area contributed by atoms with E-state index in [0.29, 0.717) is 43.0 Å². The van der Waals surface area contributed by atoms with Gasteiger partial charge in [0.25, 0.3) is 11.5 Å². The lowest BCUT2D eigenvalue weighted by Gasteiger charge is -2.26. The third-order valence-electron chi connectivity index (χ3n) is 7.23. The third-order valence-corrected chi connectivity index (χ3v) is 7.23. The zero-order chi connectivity index (χ0) is 25.4. The molecule has 0 N–H and O–H groups in total. The predicted octanol–water partition coefficient (Wildman–Crippen LogP) is 3.37. The van der Waals surface area contributed by atoms with Gasteiger partial charge in [0, 0.05) is 68.5 Å². The minimum atomic E-state index is -0.523. The van der Waals surface area contributed by atoms with Crippen LogP contribution in [0.25, 0.3) is 11.3 Å². The number of unbranched alkanes of at least 4 members (excludes halogenated alkanes) is 1. The van der Waals surface area contributed by atoms with Crippen LogP contribution < -0.4 is 15.2 Å². The smallest absolute Gasteiger partial charge is 0.255 e. The van der Waals surface area contributed by atoms with Gasteiger partial charge in [-0.2, -0.15) is 0 Å². The second-order valence-electron chi connectivity index (χ2n) is 9.56. The van der Waals surface area contributed by atoms with Crippen LogP contribution in [-0.2, 0) is 7.05 Å².